The van der Waals surface area contributed by atoms with Gasteiger partial charge in [-0.2, -0.15) is 0 Å². The lowest BCUT2D eigenvalue weighted by Crippen LogP contribution is -2.01. The molecule has 1 N–H and O–H groups in total. The highest BCUT2D eigenvalue weighted by Gasteiger charge is 2.49. The summed E-state index contributed by atoms with van der Waals surface area (Å²) in [7, 11) is 0. The molecule has 1 aromatic rings. The Bertz CT molecular complexity index is 399. The summed E-state index contributed by atoms with van der Waals surface area (Å²) in [6.07, 6.45) is 6.67. The molecule has 0 aromatic carbocycles. The zero-order valence-electron chi connectivity index (χ0n) is 10.5. The van der Waals surface area contributed by atoms with Crippen molar-refractivity contribution >= 4 is 0 Å². The fourth-order valence-electron chi connectivity index (χ4n) is 3.56. The molecule has 2 aliphatic carbocycles. The van der Waals surface area contributed by atoms with Crippen molar-refractivity contribution in [3.05, 3.63) is 17.0 Å². The lowest BCUT2D eigenvalue weighted by atomic mass is 9.96. The zero-order chi connectivity index (χ0) is 11.8. The molecule has 2 aliphatic rings. The van der Waals surface area contributed by atoms with E-state index in [1.165, 1.54) is 24.1 Å². The Morgan fingerprint density at radius 3 is 2.76 bits per heavy atom. The molecule has 0 saturated heterocycles. The molecule has 0 unspecified atom stereocenters. The zero-order valence-corrected chi connectivity index (χ0v) is 10.5. The van der Waals surface area contributed by atoms with Gasteiger partial charge in [0.05, 0.1) is 5.69 Å². The van der Waals surface area contributed by atoms with E-state index in [2.05, 4.69) is 12.1 Å². The summed E-state index contributed by atoms with van der Waals surface area (Å²) in [5, 5.41) is 13.5. The van der Waals surface area contributed by atoms with E-state index in [4.69, 9.17) is 4.52 Å². The number of aryl methyl sites for hydroxylation is 2. The molecular formula is C14H21NO2. The Morgan fingerprint density at radius 1 is 1.29 bits per heavy atom. The molecule has 17 heavy (non-hydrogen) atoms. The highest BCUT2D eigenvalue weighted by molar-refractivity contribution is 5.25. The lowest BCUT2D eigenvalue weighted by Gasteiger charge is -2.07. The van der Waals surface area contributed by atoms with E-state index in [-0.39, 0.29) is 0 Å². The Labute approximate surface area is 102 Å². The molecule has 0 radical (unpaired) electrons. The topological polar surface area (TPSA) is 46.3 Å². The molecule has 3 heteroatoms. The fraction of sp³-hybridized carbons (Fsp3) is 0.786. The van der Waals surface area contributed by atoms with E-state index < -0.39 is 0 Å². The number of aromatic nitrogens is 1. The first-order valence-corrected chi connectivity index (χ1v) is 6.92. The van der Waals surface area contributed by atoms with Gasteiger partial charge in [0.25, 0.3) is 0 Å². The molecule has 3 nitrogen and oxygen atoms in total. The summed E-state index contributed by atoms with van der Waals surface area (Å²) in [6, 6.07) is 0. The van der Waals surface area contributed by atoms with Crippen molar-refractivity contribution in [2.24, 2.45) is 17.8 Å². The fourth-order valence-corrected chi connectivity index (χ4v) is 3.56. The van der Waals surface area contributed by atoms with E-state index in [0.717, 1.165) is 43.3 Å². The Kier molecular flexibility index (Phi) is 2.95. The summed E-state index contributed by atoms with van der Waals surface area (Å²) in [5.41, 5.74) is 2.57. The Morgan fingerprint density at radius 2 is 2.06 bits per heavy atom. The van der Waals surface area contributed by atoms with Crippen molar-refractivity contribution in [3.8, 4) is 0 Å². The summed E-state index contributed by atoms with van der Waals surface area (Å²) in [6.45, 7) is 2.56. The van der Waals surface area contributed by atoms with E-state index in [1.54, 1.807) is 0 Å². The van der Waals surface area contributed by atoms with Crippen molar-refractivity contribution < 1.29 is 9.63 Å². The first kappa shape index (κ1) is 11.3. The second-order valence-corrected chi connectivity index (χ2v) is 5.53. The SMILES string of the molecule is CCCc1noc2c1CC[C@@H]1[C@H](CO)[C@@H]1CC2. The van der Waals surface area contributed by atoms with Crippen LogP contribution in [0.4, 0.5) is 0 Å². The van der Waals surface area contributed by atoms with Gasteiger partial charge < -0.3 is 9.63 Å². The third-order valence-corrected chi connectivity index (χ3v) is 4.59. The molecule has 0 aliphatic heterocycles. The van der Waals surface area contributed by atoms with Crippen LogP contribution < -0.4 is 0 Å². The second-order valence-electron chi connectivity index (χ2n) is 5.53. The van der Waals surface area contributed by atoms with Gasteiger partial charge in [-0.3, -0.25) is 0 Å². The van der Waals surface area contributed by atoms with Gasteiger partial charge in [-0.05, 0) is 43.4 Å². The summed E-state index contributed by atoms with van der Waals surface area (Å²) in [5.74, 6) is 3.20. The van der Waals surface area contributed by atoms with E-state index in [9.17, 15) is 5.11 Å². The van der Waals surface area contributed by atoms with Gasteiger partial charge in [-0.25, -0.2) is 0 Å². The first-order chi connectivity index (χ1) is 8.35. The first-order valence-electron chi connectivity index (χ1n) is 6.92. The Hall–Kier alpha value is -0.830. The molecule has 0 spiro atoms. The van der Waals surface area contributed by atoms with Crippen molar-refractivity contribution in [2.45, 2.75) is 45.4 Å². The molecule has 94 valence electrons. The third-order valence-electron chi connectivity index (χ3n) is 4.59. The maximum atomic E-state index is 9.29. The van der Waals surface area contributed by atoms with Crippen LogP contribution in [0.1, 0.15) is 43.2 Å². The highest BCUT2D eigenvalue weighted by Crippen LogP contribution is 2.52. The minimum atomic E-state index is 0.372. The minimum absolute atomic E-state index is 0.372. The monoisotopic (exact) mass is 235 g/mol. The smallest absolute Gasteiger partial charge is 0.140 e. The van der Waals surface area contributed by atoms with Gasteiger partial charge in [0.15, 0.2) is 0 Å². The minimum Gasteiger partial charge on any atom is -0.396 e. The number of aliphatic hydroxyl groups is 1. The standard InChI is InChI=1S/C14H21NO2/c1-2-3-13-11-5-4-9-10(12(9)8-16)6-7-14(11)17-15-13/h9-10,12,16H,2-8H2,1H3/t9-,10+,12-/m0/s1. The van der Waals surface area contributed by atoms with Crippen LogP contribution in [-0.4, -0.2) is 16.9 Å². The molecule has 3 atom stereocenters. The molecule has 1 aromatic heterocycles. The van der Waals surface area contributed by atoms with Gasteiger partial charge in [-0.15, -0.1) is 0 Å². The van der Waals surface area contributed by atoms with Gasteiger partial charge in [0, 0.05) is 18.6 Å². The predicted octanol–water partition coefficient (Wildman–Crippen LogP) is 2.36. The van der Waals surface area contributed by atoms with Gasteiger partial charge in [-0.1, -0.05) is 18.5 Å². The summed E-state index contributed by atoms with van der Waals surface area (Å²) < 4.78 is 5.50. The van der Waals surface area contributed by atoms with Crippen molar-refractivity contribution in [3.63, 3.8) is 0 Å². The highest BCUT2D eigenvalue weighted by atomic mass is 16.5. The molecular weight excluding hydrogens is 214 g/mol. The van der Waals surface area contributed by atoms with Crippen LogP contribution >= 0.6 is 0 Å². The van der Waals surface area contributed by atoms with Crippen molar-refractivity contribution in [2.75, 3.05) is 6.61 Å². The second kappa shape index (κ2) is 4.45. The Balaban J connectivity index is 1.76. The maximum absolute atomic E-state index is 9.29. The quantitative estimate of drug-likeness (QED) is 0.874. The van der Waals surface area contributed by atoms with Gasteiger partial charge >= 0.3 is 0 Å². The molecule has 0 bridgehead atoms. The van der Waals surface area contributed by atoms with Crippen LogP contribution in [-0.2, 0) is 19.3 Å². The number of rotatable bonds is 3. The molecule has 1 saturated carbocycles. The number of fused-ring (bicyclic) bond motifs is 2. The number of hydrogen-bond donors (Lipinski definition) is 1. The number of hydrogen-bond acceptors (Lipinski definition) is 3. The largest absolute Gasteiger partial charge is 0.396 e. The normalized spacial score (nSPS) is 31.3. The van der Waals surface area contributed by atoms with E-state index >= 15 is 0 Å². The van der Waals surface area contributed by atoms with E-state index in [0.29, 0.717) is 12.5 Å². The average molecular weight is 235 g/mol. The molecule has 0 amide bonds. The third kappa shape index (κ3) is 1.90. The van der Waals surface area contributed by atoms with Gasteiger partial charge in [0.2, 0.25) is 0 Å². The molecule has 1 fully saturated rings. The number of nitrogens with zero attached hydrogens (tertiary/aromatic N) is 1. The van der Waals surface area contributed by atoms with E-state index in [1.807, 2.05) is 0 Å². The lowest BCUT2D eigenvalue weighted by molar-refractivity contribution is 0.261. The predicted molar refractivity (Wildman–Crippen MR) is 64.7 cm³/mol. The average Bonchev–Trinajstić information content (AvgIpc) is 2.85. The van der Waals surface area contributed by atoms with Crippen molar-refractivity contribution in [1.29, 1.82) is 0 Å². The van der Waals surface area contributed by atoms with Gasteiger partial charge in [0.1, 0.15) is 5.76 Å². The summed E-state index contributed by atoms with van der Waals surface area (Å²) >= 11 is 0. The maximum Gasteiger partial charge on any atom is 0.140 e. The number of aliphatic hydroxyl groups excluding tert-OH is 1. The van der Waals surface area contributed by atoms with Crippen LogP contribution in [0, 0.1) is 17.8 Å². The van der Waals surface area contributed by atoms with Crippen LogP contribution in [0.25, 0.3) is 0 Å². The van der Waals surface area contributed by atoms with Crippen molar-refractivity contribution in [1.82, 2.24) is 5.16 Å². The van der Waals surface area contributed by atoms with Crippen LogP contribution in [0.5, 0.6) is 0 Å². The summed E-state index contributed by atoms with van der Waals surface area (Å²) in [4.78, 5) is 0. The van der Waals surface area contributed by atoms with Crippen LogP contribution in [0.3, 0.4) is 0 Å². The van der Waals surface area contributed by atoms with Crippen LogP contribution in [0.15, 0.2) is 4.52 Å². The molecule has 3 rings (SSSR count). The van der Waals surface area contributed by atoms with Crippen LogP contribution in [0.2, 0.25) is 0 Å². The molecule has 1 heterocycles.